The Labute approximate surface area is 224 Å². The topological polar surface area (TPSA) is 112 Å². The van der Waals surface area contributed by atoms with Crippen molar-refractivity contribution in [1.82, 2.24) is 0 Å². The van der Waals surface area contributed by atoms with Gasteiger partial charge in [0.2, 0.25) is 0 Å². The summed E-state index contributed by atoms with van der Waals surface area (Å²) in [6.45, 7) is 2.10. The smallest absolute Gasteiger partial charge is 0.339 e. The Morgan fingerprint density at radius 1 is 0.872 bits per heavy atom. The van der Waals surface area contributed by atoms with Gasteiger partial charge in [-0.2, -0.15) is 8.42 Å². The van der Waals surface area contributed by atoms with Crippen LogP contribution < -0.4 is 19.1 Å². The van der Waals surface area contributed by atoms with Crippen molar-refractivity contribution in [2.24, 2.45) is 0 Å². The number of benzene rings is 4. The largest absolute Gasteiger partial charge is 0.507 e. The number of hydrogen-bond acceptors (Lipinski definition) is 8. The molecule has 39 heavy (non-hydrogen) atoms. The van der Waals surface area contributed by atoms with Crippen molar-refractivity contribution < 1.29 is 31.6 Å². The van der Waals surface area contributed by atoms with E-state index in [-0.39, 0.29) is 45.5 Å². The molecule has 0 radical (unpaired) electrons. The van der Waals surface area contributed by atoms with E-state index in [4.69, 9.17) is 18.1 Å². The number of aromatic hydroxyl groups is 1. The van der Waals surface area contributed by atoms with Gasteiger partial charge in [-0.1, -0.05) is 48.0 Å². The third-order valence-electron chi connectivity index (χ3n) is 5.99. The zero-order valence-electron chi connectivity index (χ0n) is 21.1. The van der Waals surface area contributed by atoms with Gasteiger partial charge in [-0.05, 0) is 42.8 Å². The van der Waals surface area contributed by atoms with Crippen molar-refractivity contribution in [3.63, 3.8) is 0 Å². The third-order valence-corrected chi connectivity index (χ3v) is 7.24. The molecule has 5 aromatic rings. The highest BCUT2D eigenvalue weighted by Gasteiger charge is 2.21. The first kappa shape index (κ1) is 25.9. The van der Waals surface area contributed by atoms with E-state index in [0.29, 0.717) is 11.3 Å². The predicted octanol–water partition coefficient (Wildman–Crippen LogP) is 5.83. The molecule has 5 rings (SSSR count). The van der Waals surface area contributed by atoms with Crippen molar-refractivity contribution in [3.8, 4) is 34.3 Å². The van der Waals surface area contributed by atoms with Gasteiger partial charge in [-0.3, -0.25) is 4.79 Å². The molecular formula is C30H24O8S. The van der Waals surface area contributed by atoms with Crippen LogP contribution in [0.15, 0.2) is 105 Å². The minimum Gasteiger partial charge on any atom is -0.507 e. The molecule has 0 aliphatic carbocycles. The second-order valence-corrected chi connectivity index (χ2v) is 10.3. The molecule has 0 amide bonds. The zero-order valence-corrected chi connectivity index (χ0v) is 21.9. The zero-order chi connectivity index (χ0) is 27.6. The molecule has 9 heteroatoms. The maximum absolute atomic E-state index is 12.9. The van der Waals surface area contributed by atoms with Gasteiger partial charge < -0.3 is 23.2 Å². The van der Waals surface area contributed by atoms with Crippen molar-refractivity contribution in [3.05, 3.63) is 112 Å². The lowest BCUT2D eigenvalue weighted by atomic mass is 10.1. The highest BCUT2D eigenvalue weighted by Crippen LogP contribution is 2.36. The van der Waals surface area contributed by atoms with Crippen LogP contribution >= 0.6 is 0 Å². The summed E-state index contributed by atoms with van der Waals surface area (Å²) >= 11 is 0. The Morgan fingerprint density at radius 3 is 2.33 bits per heavy atom. The average Bonchev–Trinajstić information content (AvgIpc) is 2.92. The molecule has 0 bridgehead atoms. The molecule has 1 heterocycles. The number of rotatable bonds is 8. The highest BCUT2D eigenvalue weighted by atomic mass is 32.2. The Morgan fingerprint density at radius 2 is 1.62 bits per heavy atom. The number of hydrogen-bond donors (Lipinski definition) is 1. The van der Waals surface area contributed by atoms with E-state index in [0.717, 1.165) is 11.1 Å². The van der Waals surface area contributed by atoms with Crippen LogP contribution in [0, 0.1) is 6.92 Å². The Kier molecular flexibility index (Phi) is 7.00. The molecule has 0 atom stereocenters. The van der Waals surface area contributed by atoms with Crippen LogP contribution in [0.3, 0.4) is 0 Å². The molecular weight excluding hydrogens is 520 g/mol. The summed E-state index contributed by atoms with van der Waals surface area (Å²) in [5.41, 5.74) is 1.81. The predicted molar refractivity (Wildman–Crippen MR) is 146 cm³/mol. The number of phenolic OH excluding ortho intramolecular Hbond substituents is 1. The van der Waals surface area contributed by atoms with E-state index in [1.165, 1.54) is 49.6 Å². The molecule has 0 unspecified atom stereocenters. The van der Waals surface area contributed by atoms with Gasteiger partial charge >= 0.3 is 10.1 Å². The molecule has 198 valence electrons. The third kappa shape index (κ3) is 5.58. The summed E-state index contributed by atoms with van der Waals surface area (Å²) in [5.74, 6) is 0.256. The molecule has 0 saturated heterocycles. The highest BCUT2D eigenvalue weighted by molar-refractivity contribution is 7.87. The molecule has 0 spiro atoms. The van der Waals surface area contributed by atoms with E-state index < -0.39 is 15.5 Å². The quantitative estimate of drug-likeness (QED) is 0.243. The first-order valence-corrected chi connectivity index (χ1v) is 13.3. The molecule has 0 aliphatic rings. The number of methoxy groups -OCH3 is 1. The van der Waals surface area contributed by atoms with Gasteiger partial charge in [-0.15, -0.1) is 0 Å². The van der Waals surface area contributed by atoms with Gasteiger partial charge in [0.15, 0.2) is 16.9 Å². The second-order valence-electron chi connectivity index (χ2n) is 8.78. The maximum atomic E-state index is 12.9. The summed E-state index contributed by atoms with van der Waals surface area (Å²) in [6, 6.07) is 24.3. The lowest BCUT2D eigenvalue weighted by molar-refractivity contribution is 0.304. The van der Waals surface area contributed by atoms with Gasteiger partial charge in [0.1, 0.15) is 39.7 Å². The fraction of sp³-hybridized carbons (Fsp3) is 0.100. The molecule has 8 nitrogen and oxygen atoms in total. The van der Waals surface area contributed by atoms with Gasteiger partial charge in [0.05, 0.1) is 7.11 Å². The SMILES string of the molecule is COc1ccc(-c2cc(=O)c3c(O)cc(OCc4ccccc4)cc3o2)cc1OS(=O)(=O)c1ccc(C)cc1. The monoisotopic (exact) mass is 544 g/mol. The van der Waals surface area contributed by atoms with Crippen LogP contribution in [0.5, 0.6) is 23.0 Å². The number of ether oxygens (including phenoxy) is 2. The fourth-order valence-electron chi connectivity index (χ4n) is 3.98. The van der Waals surface area contributed by atoms with Crippen LogP contribution in [0.2, 0.25) is 0 Å². The van der Waals surface area contributed by atoms with Crippen molar-refractivity contribution in [2.45, 2.75) is 18.4 Å². The van der Waals surface area contributed by atoms with E-state index >= 15 is 0 Å². The van der Waals surface area contributed by atoms with Gasteiger partial charge in [-0.25, -0.2) is 0 Å². The lowest BCUT2D eigenvalue weighted by Crippen LogP contribution is -2.10. The maximum Gasteiger partial charge on any atom is 0.339 e. The molecule has 1 N–H and O–H groups in total. The normalized spacial score (nSPS) is 11.3. The molecule has 4 aromatic carbocycles. The first-order chi connectivity index (χ1) is 18.7. The second kappa shape index (κ2) is 10.5. The van der Waals surface area contributed by atoms with Crippen molar-refractivity contribution in [1.29, 1.82) is 0 Å². The molecule has 1 aromatic heterocycles. The summed E-state index contributed by atoms with van der Waals surface area (Å²) < 4.78 is 48.3. The summed E-state index contributed by atoms with van der Waals surface area (Å²) in [5, 5.41) is 10.5. The van der Waals surface area contributed by atoms with Gasteiger partial charge in [0.25, 0.3) is 0 Å². The Hall–Kier alpha value is -4.76. The van der Waals surface area contributed by atoms with E-state index in [9.17, 15) is 18.3 Å². The average molecular weight is 545 g/mol. The van der Waals surface area contributed by atoms with Crippen LogP contribution in [0.25, 0.3) is 22.3 Å². The van der Waals surface area contributed by atoms with Crippen molar-refractivity contribution >= 4 is 21.1 Å². The molecule has 0 fully saturated rings. The number of phenols is 1. The minimum atomic E-state index is -4.17. The summed E-state index contributed by atoms with van der Waals surface area (Å²) in [4.78, 5) is 12.9. The fourth-order valence-corrected chi connectivity index (χ4v) is 4.91. The summed E-state index contributed by atoms with van der Waals surface area (Å²) in [7, 11) is -2.78. The first-order valence-electron chi connectivity index (χ1n) is 11.9. The Bertz CT molecular complexity index is 1810. The lowest BCUT2D eigenvalue weighted by Gasteiger charge is -2.13. The molecule has 0 aliphatic heterocycles. The van der Waals surface area contributed by atoms with Crippen LogP contribution in [-0.2, 0) is 16.7 Å². The Balaban J connectivity index is 1.51. The number of aryl methyl sites for hydroxylation is 1. The van der Waals surface area contributed by atoms with E-state index in [2.05, 4.69) is 0 Å². The van der Waals surface area contributed by atoms with Crippen molar-refractivity contribution in [2.75, 3.05) is 7.11 Å². The summed E-state index contributed by atoms with van der Waals surface area (Å²) in [6.07, 6.45) is 0. The van der Waals surface area contributed by atoms with E-state index in [1.807, 2.05) is 37.3 Å². The van der Waals surface area contributed by atoms with Crippen LogP contribution in [0.1, 0.15) is 11.1 Å². The molecule has 0 saturated carbocycles. The standard InChI is InChI=1S/C30H24O8S/c1-19-8-11-23(12-9-19)39(33,34)38-28-14-21(10-13-26(28)35-2)27-17-25(32)30-24(31)15-22(16-29(30)37-27)36-18-20-6-4-3-5-7-20/h3-17,31H,18H2,1-2H3. The van der Waals surface area contributed by atoms with Crippen LogP contribution in [0.4, 0.5) is 0 Å². The minimum absolute atomic E-state index is 0.00209. The van der Waals surface area contributed by atoms with Crippen LogP contribution in [-0.4, -0.2) is 20.6 Å². The van der Waals surface area contributed by atoms with E-state index in [1.54, 1.807) is 18.2 Å². The van der Waals surface area contributed by atoms with Gasteiger partial charge in [0, 0.05) is 23.8 Å². The number of fused-ring (bicyclic) bond motifs is 1.